The third-order valence-corrected chi connectivity index (χ3v) is 4.73. The first-order valence-electron chi connectivity index (χ1n) is 7.24. The van der Waals surface area contributed by atoms with Crippen molar-refractivity contribution in [2.75, 3.05) is 20.1 Å². The highest BCUT2D eigenvalue weighted by Crippen LogP contribution is 2.26. The van der Waals surface area contributed by atoms with E-state index >= 15 is 0 Å². The van der Waals surface area contributed by atoms with Gasteiger partial charge in [0.2, 0.25) is 0 Å². The molecule has 1 aliphatic rings. The molecule has 2 rings (SSSR count). The standard InChI is InChI=1S/C15H26N2S/c1-3-9-16-15-8-4-6-13(15)11-17(2)12-14-7-5-10-18-14/h5,7,10,13,15-16H,3-4,6,8-9,11-12H2,1-2H3. The summed E-state index contributed by atoms with van der Waals surface area (Å²) in [5.41, 5.74) is 0. The predicted octanol–water partition coefficient (Wildman–Crippen LogP) is 3.35. The lowest BCUT2D eigenvalue weighted by Crippen LogP contribution is -2.38. The van der Waals surface area contributed by atoms with Crippen molar-refractivity contribution in [1.29, 1.82) is 0 Å². The van der Waals surface area contributed by atoms with Gasteiger partial charge in [-0.25, -0.2) is 0 Å². The molecule has 0 bridgehead atoms. The minimum Gasteiger partial charge on any atom is -0.314 e. The smallest absolute Gasteiger partial charge is 0.0324 e. The van der Waals surface area contributed by atoms with Gasteiger partial charge in [-0.15, -0.1) is 11.3 Å². The second kappa shape index (κ2) is 7.27. The average molecular weight is 266 g/mol. The van der Waals surface area contributed by atoms with Crippen LogP contribution in [0.3, 0.4) is 0 Å². The maximum absolute atomic E-state index is 3.72. The summed E-state index contributed by atoms with van der Waals surface area (Å²) < 4.78 is 0. The zero-order chi connectivity index (χ0) is 12.8. The summed E-state index contributed by atoms with van der Waals surface area (Å²) in [6, 6.07) is 5.15. The van der Waals surface area contributed by atoms with Crippen molar-refractivity contribution in [2.45, 2.75) is 45.2 Å². The molecule has 0 amide bonds. The molecule has 2 unspecified atom stereocenters. The van der Waals surface area contributed by atoms with E-state index in [9.17, 15) is 0 Å². The van der Waals surface area contributed by atoms with Crippen LogP contribution >= 0.6 is 11.3 Å². The van der Waals surface area contributed by atoms with Crippen LogP contribution in [0.5, 0.6) is 0 Å². The lowest BCUT2D eigenvalue weighted by Gasteiger charge is -2.26. The summed E-state index contributed by atoms with van der Waals surface area (Å²) >= 11 is 1.87. The first-order valence-corrected chi connectivity index (χ1v) is 8.12. The zero-order valence-corrected chi connectivity index (χ0v) is 12.5. The van der Waals surface area contributed by atoms with Crippen LogP contribution < -0.4 is 5.32 Å². The van der Waals surface area contributed by atoms with Crippen molar-refractivity contribution >= 4 is 11.3 Å². The molecule has 1 N–H and O–H groups in total. The summed E-state index contributed by atoms with van der Waals surface area (Å²) in [5, 5.41) is 5.89. The van der Waals surface area contributed by atoms with Gasteiger partial charge in [-0.2, -0.15) is 0 Å². The van der Waals surface area contributed by atoms with Crippen LogP contribution in [-0.4, -0.2) is 31.1 Å². The Morgan fingerprint density at radius 3 is 3.06 bits per heavy atom. The minimum atomic E-state index is 0.760. The zero-order valence-electron chi connectivity index (χ0n) is 11.7. The molecular formula is C15H26N2S. The summed E-state index contributed by atoms with van der Waals surface area (Å²) in [5.74, 6) is 0.849. The fourth-order valence-electron chi connectivity index (χ4n) is 2.99. The normalized spacial score (nSPS) is 23.9. The Bertz CT molecular complexity index is 323. The monoisotopic (exact) mass is 266 g/mol. The lowest BCUT2D eigenvalue weighted by molar-refractivity contribution is 0.246. The SMILES string of the molecule is CCCNC1CCCC1CN(C)Cc1cccs1. The third kappa shape index (κ3) is 4.08. The molecular weight excluding hydrogens is 240 g/mol. The molecule has 0 spiro atoms. The molecule has 18 heavy (non-hydrogen) atoms. The van der Waals surface area contributed by atoms with Crippen LogP contribution in [0.25, 0.3) is 0 Å². The van der Waals surface area contributed by atoms with Crippen LogP contribution in [-0.2, 0) is 6.54 Å². The molecule has 102 valence electrons. The van der Waals surface area contributed by atoms with Gasteiger partial charge >= 0.3 is 0 Å². The molecule has 1 saturated carbocycles. The fraction of sp³-hybridized carbons (Fsp3) is 0.733. The lowest BCUT2D eigenvalue weighted by atomic mass is 10.0. The predicted molar refractivity (Wildman–Crippen MR) is 80.1 cm³/mol. The maximum Gasteiger partial charge on any atom is 0.0324 e. The number of rotatable bonds is 7. The largest absolute Gasteiger partial charge is 0.314 e. The van der Waals surface area contributed by atoms with Crippen LogP contribution in [0.1, 0.15) is 37.5 Å². The van der Waals surface area contributed by atoms with Gasteiger partial charge in [-0.3, -0.25) is 0 Å². The fourth-order valence-corrected chi connectivity index (χ4v) is 3.77. The van der Waals surface area contributed by atoms with Gasteiger partial charge < -0.3 is 10.2 Å². The Hall–Kier alpha value is -0.380. The highest BCUT2D eigenvalue weighted by atomic mass is 32.1. The van der Waals surface area contributed by atoms with Crippen molar-refractivity contribution in [3.8, 4) is 0 Å². The number of nitrogens with zero attached hydrogens (tertiary/aromatic N) is 1. The van der Waals surface area contributed by atoms with Gasteiger partial charge in [-0.1, -0.05) is 19.4 Å². The van der Waals surface area contributed by atoms with Gasteiger partial charge in [0.05, 0.1) is 0 Å². The van der Waals surface area contributed by atoms with Crippen molar-refractivity contribution in [3.63, 3.8) is 0 Å². The molecule has 0 aromatic carbocycles. The van der Waals surface area contributed by atoms with Gasteiger partial charge in [-0.05, 0) is 50.2 Å². The Balaban J connectivity index is 1.77. The highest BCUT2D eigenvalue weighted by molar-refractivity contribution is 7.09. The van der Waals surface area contributed by atoms with Gasteiger partial charge in [0.25, 0.3) is 0 Å². The topological polar surface area (TPSA) is 15.3 Å². The molecule has 2 nitrogen and oxygen atoms in total. The van der Waals surface area contributed by atoms with Crippen LogP contribution in [0.4, 0.5) is 0 Å². The maximum atomic E-state index is 3.72. The molecule has 0 radical (unpaired) electrons. The molecule has 2 atom stereocenters. The summed E-state index contributed by atoms with van der Waals surface area (Å²) in [6.45, 7) is 5.77. The van der Waals surface area contributed by atoms with Crippen LogP contribution in [0.2, 0.25) is 0 Å². The van der Waals surface area contributed by atoms with Crippen molar-refractivity contribution in [3.05, 3.63) is 22.4 Å². The molecule has 1 aliphatic carbocycles. The summed E-state index contributed by atoms with van der Waals surface area (Å²) in [6.07, 6.45) is 5.42. The Labute approximate surface area is 115 Å². The first-order chi connectivity index (χ1) is 8.79. The van der Waals surface area contributed by atoms with Crippen molar-refractivity contribution < 1.29 is 0 Å². The average Bonchev–Trinajstić information content (AvgIpc) is 2.98. The van der Waals surface area contributed by atoms with E-state index in [0.717, 1.165) is 18.5 Å². The van der Waals surface area contributed by atoms with Crippen molar-refractivity contribution in [2.24, 2.45) is 5.92 Å². The Morgan fingerprint density at radius 1 is 1.44 bits per heavy atom. The molecule has 1 aromatic rings. The number of hydrogen-bond donors (Lipinski definition) is 1. The Morgan fingerprint density at radius 2 is 2.33 bits per heavy atom. The highest BCUT2D eigenvalue weighted by Gasteiger charge is 2.27. The van der Waals surface area contributed by atoms with E-state index in [1.165, 1.54) is 43.6 Å². The molecule has 1 aromatic heterocycles. The number of nitrogens with one attached hydrogen (secondary N) is 1. The van der Waals surface area contributed by atoms with Gasteiger partial charge in [0.1, 0.15) is 0 Å². The van der Waals surface area contributed by atoms with Crippen molar-refractivity contribution in [1.82, 2.24) is 10.2 Å². The van der Waals surface area contributed by atoms with E-state index in [4.69, 9.17) is 0 Å². The first kappa shape index (κ1) is 14.0. The minimum absolute atomic E-state index is 0.760. The second-order valence-corrected chi connectivity index (χ2v) is 6.56. The molecule has 0 saturated heterocycles. The van der Waals surface area contributed by atoms with E-state index < -0.39 is 0 Å². The second-order valence-electron chi connectivity index (χ2n) is 5.53. The van der Waals surface area contributed by atoms with Crippen LogP contribution in [0, 0.1) is 5.92 Å². The van der Waals surface area contributed by atoms with Crippen LogP contribution in [0.15, 0.2) is 17.5 Å². The van der Waals surface area contributed by atoms with E-state index in [1.54, 1.807) is 0 Å². The van der Waals surface area contributed by atoms with E-state index in [-0.39, 0.29) is 0 Å². The van der Waals surface area contributed by atoms with E-state index in [2.05, 4.69) is 41.7 Å². The molecule has 3 heteroatoms. The number of thiophene rings is 1. The van der Waals surface area contributed by atoms with Gasteiger partial charge in [0, 0.05) is 24.0 Å². The summed E-state index contributed by atoms with van der Waals surface area (Å²) in [4.78, 5) is 3.97. The van der Waals surface area contributed by atoms with Gasteiger partial charge in [0.15, 0.2) is 0 Å². The van der Waals surface area contributed by atoms with E-state index in [0.29, 0.717) is 0 Å². The molecule has 1 heterocycles. The molecule has 0 aliphatic heterocycles. The number of hydrogen-bond acceptors (Lipinski definition) is 3. The Kier molecular flexibility index (Phi) is 5.67. The summed E-state index contributed by atoms with van der Waals surface area (Å²) in [7, 11) is 2.26. The quantitative estimate of drug-likeness (QED) is 0.814. The molecule has 1 fully saturated rings. The third-order valence-electron chi connectivity index (χ3n) is 3.87. The van der Waals surface area contributed by atoms with E-state index in [1.807, 2.05) is 11.3 Å².